The van der Waals surface area contributed by atoms with Crippen LogP contribution in [0.5, 0.6) is 0 Å². The second kappa shape index (κ2) is 6.39. The van der Waals surface area contributed by atoms with E-state index in [2.05, 4.69) is 41.0 Å². The standard InChI is InChI=1S/C14H21ClN2/c1-13-4-2-3-5-14(13)12-17-10-8-16(7-6-15)9-11-17/h2-5H,6-12H2,1H3. The molecule has 2 rings (SSSR count). The molecule has 0 unspecified atom stereocenters. The Balaban J connectivity index is 1.84. The molecule has 1 aliphatic heterocycles. The van der Waals surface area contributed by atoms with Crippen LogP contribution in [0.15, 0.2) is 24.3 Å². The van der Waals surface area contributed by atoms with Gasteiger partial charge in [0, 0.05) is 45.1 Å². The molecule has 0 aromatic heterocycles. The van der Waals surface area contributed by atoms with Gasteiger partial charge in [-0.15, -0.1) is 11.6 Å². The highest BCUT2D eigenvalue weighted by Gasteiger charge is 2.16. The molecule has 1 aromatic rings. The number of piperazine rings is 1. The first-order chi connectivity index (χ1) is 8.29. The fourth-order valence-corrected chi connectivity index (χ4v) is 2.56. The smallest absolute Gasteiger partial charge is 0.0351 e. The van der Waals surface area contributed by atoms with Gasteiger partial charge in [0.05, 0.1) is 0 Å². The zero-order valence-corrected chi connectivity index (χ0v) is 11.3. The Morgan fingerprint density at radius 1 is 1.06 bits per heavy atom. The zero-order chi connectivity index (χ0) is 12.1. The van der Waals surface area contributed by atoms with Crippen molar-refractivity contribution in [3.8, 4) is 0 Å². The minimum atomic E-state index is 0.748. The molecule has 3 heteroatoms. The molecule has 0 spiro atoms. The number of nitrogens with zero attached hydrogens (tertiary/aromatic N) is 2. The number of halogens is 1. The average Bonchev–Trinajstić information content (AvgIpc) is 2.35. The van der Waals surface area contributed by atoms with Crippen molar-refractivity contribution < 1.29 is 0 Å². The van der Waals surface area contributed by atoms with Gasteiger partial charge in [0.15, 0.2) is 0 Å². The summed E-state index contributed by atoms with van der Waals surface area (Å²) >= 11 is 5.77. The number of hydrogen-bond donors (Lipinski definition) is 0. The fraction of sp³-hybridized carbons (Fsp3) is 0.571. The van der Waals surface area contributed by atoms with Crippen molar-refractivity contribution in [2.45, 2.75) is 13.5 Å². The first-order valence-corrected chi connectivity index (χ1v) is 6.88. The number of hydrogen-bond acceptors (Lipinski definition) is 2. The van der Waals surface area contributed by atoms with Gasteiger partial charge < -0.3 is 0 Å². The third-order valence-corrected chi connectivity index (χ3v) is 3.69. The van der Waals surface area contributed by atoms with E-state index < -0.39 is 0 Å². The lowest BCUT2D eigenvalue weighted by atomic mass is 10.1. The van der Waals surface area contributed by atoms with Gasteiger partial charge in [0.25, 0.3) is 0 Å². The predicted octanol–water partition coefficient (Wildman–Crippen LogP) is 2.35. The van der Waals surface area contributed by atoms with Gasteiger partial charge >= 0.3 is 0 Å². The van der Waals surface area contributed by atoms with E-state index in [9.17, 15) is 0 Å². The van der Waals surface area contributed by atoms with Crippen molar-refractivity contribution in [3.63, 3.8) is 0 Å². The summed E-state index contributed by atoms with van der Waals surface area (Å²) in [6.07, 6.45) is 0. The van der Waals surface area contributed by atoms with E-state index in [1.165, 1.54) is 11.1 Å². The molecule has 1 aromatic carbocycles. The van der Waals surface area contributed by atoms with E-state index in [-0.39, 0.29) is 0 Å². The van der Waals surface area contributed by atoms with Crippen LogP contribution in [-0.2, 0) is 6.54 Å². The first-order valence-electron chi connectivity index (χ1n) is 6.35. The van der Waals surface area contributed by atoms with Crippen LogP contribution in [-0.4, -0.2) is 48.4 Å². The Hall–Kier alpha value is -0.570. The van der Waals surface area contributed by atoms with Gasteiger partial charge in [0.2, 0.25) is 0 Å². The molecule has 1 fully saturated rings. The Bertz CT molecular complexity index is 346. The average molecular weight is 253 g/mol. The summed E-state index contributed by atoms with van der Waals surface area (Å²) < 4.78 is 0. The minimum absolute atomic E-state index is 0.748. The highest BCUT2D eigenvalue weighted by Crippen LogP contribution is 2.12. The molecule has 1 saturated heterocycles. The van der Waals surface area contributed by atoms with Crippen LogP contribution in [0.2, 0.25) is 0 Å². The molecule has 1 heterocycles. The molecule has 94 valence electrons. The fourth-order valence-electron chi connectivity index (χ4n) is 2.32. The maximum Gasteiger partial charge on any atom is 0.0351 e. The lowest BCUT2D eigenvalue weighted by molar-refractivity contribution is 0.132. The molecule has 0 saturated carbocycles. The molecular weight excluding hydrogens is 232 g/mol. The van der Waals surface area contributed by atoms with Crippen LogP contribution in [0.4, 0.5) is 0 Å². The van der Waals surface area contributed by atoms with Gasteiger partial charge in [-0.25, -0.2) is 0 Å². The highest BCUT2D eigenvalue weighted by atomic mass is 35.5. The zero-order valence-electron chi connectivity index (χ0n) is 10.5. The normalized spacial score (nSPS) is 18.5. The third-order valence-electron chi connectivity index (χ3n) is 3.52. The Morgan fingerprint density at radius 2 is 1.71 bits per heavy atom. The lowest BCUT2D eigenvalue weighted by Crippen LogP contribution is -2.46. The molecular formula is C14H21ClN2. The SMILES string of the molecule is Cc1ccccc1CN1CCN(CCCl)CC1. The van der Waals surface area contributed by atoms with Crippen LogP contribution in [0, 0.1) is 6.92 Å². The molecule has 1 aliphatic rings. The Morgan fingerprint density at radius 3 is 2.35 bits per heavy atom. The van der Waals surface area contributed by atoms with Gasteiger partial charge in [-0.2, -0.15) is 0 Å². The molecule has 0 aliphatic carbocycles. The topological polar surface area (TPSA) is 6.48 Å². The van der Waals surface area contributed by atoms with E-state index in [0.717, 1.165) is 45.1 Å². The van der Waals surface area contributed by atoms with Crippen LogP contribution in [0.3, 0.4) is 0 Å². The van der Waals surface area contributed by atoms with Crippen LogP contribution in [0.25, 0.3) is 0 Å². The van der Waals surface area contributed by atoms with Crippen LogP contribution >= 0.6 is 11.6 Å². The molecule has 0 radical (unpaired) electrons. The molecule has 0 atom stereocenters. The van der Waals surface area contributed by atoms with Crippen LogP contribution < -0.4 is 0 Å². The highest BCUT2D eigenvalue weighted by molar-refractivity contribution is 6.18. The van der Waals surface area contributed by atoms with Crippen molar-refractivity contribution >= 4 is 11.6 Å². The summed E-state index contributed by atoms with van der Waals surface area (Å²) in [4.78, 5) is 4.98. The maximum absolute atomic E-state index is 5.77. The molecule has 0 amide bonds. The summed E-state index contributed by atoms with van der Waals surface area (Å²) in [7, 11) is 0. The van der Waals surface area contributed by atoms with Gasteiger partial charge in [-0.3, -0.25) is 9.80 Å². The largest absolute Gasteiger partial charge is 0.300 e. The Kier molecular flexibility index (Phi) is 4.84. The van der Waals surface area contributed by atoms with Crippen molar-refractivity contribution in [2.75, 3.05) is 38.6 Å². The number of aryl methyl sites for hydroxylation is 1. The van der Waals surface area contributed by atoms with Gasteiger partial charge in [-0.05, 0) is 18.1 Å². The van der Waals surface area contributed by atoms with Gasteiger partial charge in [-0.1, -0.05) is 24.3 Å². The van der Waals surface area contributed by atoms with Crippen molar-refractivity contribution in [3.05, 3.63) is 35.4 Å². The van der Waals surface area contributed by atoms with Crippen LogP contribution in [0.1, 0.15) is 11.1 Å². The van der Waals surface area contributed by atoms with E-state index in [1.54, 1.807) is 0 Å². The first kappa shape index (κ1) is 12.9. The van der Waals surface area contributed by atoms with E-state index in [0.29, 0.717) is 0 Å². The molecule has 2 nitrogen and oxygen atoms in total. The monoisotopic (exact) mass is 252 g/mol. The van der Waals surface area contributed by atoms with Crippen molar-refractivity contribution in [1.29, 1.82) is 0 Å². The summed E-state index contributed by atoms with van der Waals surface area (Å²) in [5.41, 5.74) is 2.86. The quantitative estimate of drug-likeness (QED) is 0.759. The van der Waals surface area contributed by atoms with Gasteiger partial charge in [0.1, 0.15) is 0 Å². The minimum Gasteiger partial charge on any atom is -0.300 e. The number of rotatable bonds is 4. The van der Waals surface area contributed by atoms with Crippen molar-refractivity contribution in [1.82, 2.24) is 9.80 Å². The predicted molar refractivity (Wildman–Crippen MR) is 73.6 cm³/mol. The molecule has 0 N–H and O–H groups in total. The Labute approximate surface area is 109 Å². The second-order valence-corrected chi connectivity index (χ2v) is 5.11. The molecule has 17 heavy (non-hydrogen) atoms. The summed E-state index contributed by atoms with van der Waals surface area (Å²) in [6.45, 7) is 8.92. The lowest BCUT2D eigenvalue weighted by Gasteiger charge is -2.34. The van der Waals surface area contributed by atoms with E-state index in [1.807, 2.05) is 0 Å². The third kappa shape index (κ3) is 3.70. The van der Waals surface area contributed by atoms with E-state index >= 15 is 0 Å². The van der Waals surface area contributed by atoms with Crippen molar-refractivity contribution in [2.24, 2.45) is 0 Å². The summed E-state index contributed by atoms with van der Waals surface area (Å²) in [6, 6.07) is 8.67. The number of benzene rings is 1. The summed E-state index contributed by atoms with van der Waals surface area (Å²) in [5.74, 6) is 0.748. The summed E-state index contributed by atoms with van der Waals surface area (Å²) in [5, 5.41) is 0. The maximum atomic E-state index is 5.77. The molecule has 0 bridgehead atoms. The second-order valence-electron chi connectivity index (χ2n) is 4.73. The van der Waals surface area contributed by atoms with E-state index in [4.69, 9.17) is 11.6 Å². The number of alkyl halides is 1.